The van der Waals surface area contributed by atoms with Crippen LogP contribution in [-0.2, 0) is 11.2 Å². The summed E-state index contributed by atoms with van der Waals surface area (Å²) in [7, 11) is 3.07. The van der Waals surface area contributed by atoms with Gasteiger partial charge >= 0.3 is 5.97 Å². The number of benzene rings is 2. The van der Waals surface area contributed by atoms with E-state index in [1.54, 1.807) is 37.4 Å². The molecule has 3 rings (SSSR count). The Morgan fingerprint density at radius 3 is 2.48 bits per heavy atom. The van der Waals surface area contributed by atoms with Crippen LogP contribution in [0, 0.1) is 0 Å². The molecule has 2 N–H and O–H groups in total. The Kier molecular flexibility index (Phi) is 4.98. The Bertz CT molecular complexity index is 1030. The summed E-state index contributed by atoms with van der Waals surface area (Å²) in [5.41, 5.74) is 2.16. The molecule has 0 bridgehead atoms. The number of carbonyl (C=O) groups is 1. The molecule has 27 heavy (non-hydrogen) atoms. The number of ether oxygens (including phenoxy) is 2. The van der Waals surface area contributed by atoms with Crippen molar-refractivity contribution in [2.75, 3.05) is 14.2 Å². The number of methoxy groups -OCH3 is 2. The van der Waals surface area contributed by atoms with Crippen molar-refractivity contribution in [2.24, 2.45) is 0 Å². The van der Waals surface area contributed by atoms with Crippen LogP contribution in [0.15, 0.2) is 42.5 Å². The van der Waals surface area contributed by atoms with Gasteiger partial charge in [-0.15, -0.1) is 15.0 Å². The maximum atomic E-state index is 10.9. The van der Waals surface area contributed by atoms with E-state index in [1.807, 2.05) is 0 Å². The first-order valence-corrected chi connectivity index (χ1v) is 8.15. The molecule has 2 aromatic carbocycles. The third-order valence-corrected chi connectivity index (χ3v) is 4.18. The predicted octanol–water partition coefficient (Wildman–Crippen LogP) is 2.72. The van der Waals surface area contributed by atoms with Gasteiger partial charge < -0.3 is 19.7 Å². The zero-order chi connectivity index (χ0) is 19.6. The number of carboxylic acid groups (broad SMARTS) is 1. The monoisotopic (exact) mass is 369 g/mol. The van der Waals surface area contributed by atoms with Gasteiger partial charge in [0.25, 0.3) is 0 Å². The summed E-state index contributed by atoms with van der Waals surface area (Å²) in [5, 5.41) is 28.4. The number of phenols is 1. The molecule has 0 aliphatic rings. The van der Waals surface area contributed by atoms with E-state index < -0.39 is 5.97 Å². The normalized spacial score (nSPS) is 10.7. The van der Waals surface area contributed by atoms with E-state index in [2.05, 4.69) is 16.8 Å². The molecule has 0 fully saturated rings. The lowest BCUT2D eigenvalue weighted by Gasteiger charge is -2.12. The van der Waals surface area contributed by atoms with Crippen molar-refractivity contribution in [2.45, 2.75) is 12.8 Å². The summed E-state index contributed by atoms with van der Waals surface area (Å²) in [6, 6.07) is 8.55. The van der Waals surface area contributed by atoms with Crippen molar-refractivity contribution in [3.05, 3.63) is 48.0 Å². The Hall–Kier alpha value is -3.55. The number of rotatable bonds is 7. The van der Waals surface area contributed by atoms with Crippen LogP contribution in [0.3, 0.4) is 0 Å². The SMILES string of the molecule is C=C(CCc1cc(OC)cc(-n2nc3ccc(OC)cc3n2)c1O)C(=O)O. The molecule has 0 unspecified atom stereocenters. The Balaban J connectivity index is 2.02. The Morgan fingerprint density at radius 1 is 1.11 bits per heavy atom. The van der Waals surface area contributed by atoms with Gasteiger partial charge in [0.05, 0.1) is 14.2 Å². The average Bonchev–Trinajstić information content (AvgIpc) is 3.09. The molecular weight excluding hydrogens is 350 g/mol. The molecule has 0 aliphatic carbocycles. The number of aliphatic carboxylic acids is 1. The average molecular weight is 369 g/mol. The molecule has 0 aliphatic heterocycles. The highest BCUT2D eigenvalue weighted by Crippen LogP contribution is 2.32. The summed E-state index contributed by atoms with van der Waals surface area (Å²) in [6.45, 7) is 3.51. The topological polar surface area (TPSA) is 107 Å². The highest BCUT2D eigenvalue weighted by atomic mass is 16.5. The number of hydrogen-bond acceptors (Lipinski definition) is 6. The molecule has 140 valence electrons. The van der Waals surface area contributed by atoms with Gasteiger partial charge in [-0.3, -0.25) is 0 Å². The molecule has 0 atom stereocenters. The van der Waals surface area contributed by atoms with Crippen LogP contribution >= 0.6 is 0 Å². The number of carboxylic acids is 1. The number of hydrogen-bond donors (Lipinski definition) is 2. The van der Waals surface area contributed by atoms with Crippen LogP contribution in [-0.4, -0.2) is 45.4 Å². The number of nitrogens with zero attached hydrogens (tertiary/aromatic N) is 3. The van der Waals surface area contributed by atoms with Gasteiger partial charge in [-0.2, -0.15) is 0 Å². The summed E-state index contributed by atoms with van der Waals surface area (Å²) >= 11 is 0. The second kappa shape index (κ2) is 7.36. The minimum atomic E-state index is -1.06. The minimum absolute atomic E-state index is 0.0405. The van der Waals surface area contributed by atoms with E-state index in [0.717, 1.165) is 0 Å². The summed E-state index contributed by atoms with van der Waals surface area (Å²) in [6.07, 6.45) is 0.483. The van der Waals surface area contributed by atoms with Crippen molar-refractivity contribution < 1.29 is 24.5 Å². The molecule has 0 saturated carbocycles. The molecule has 0 saturated heterocycles. The fraction of sp³-hybridized carbons (Fsp3) is 0.211. The summed E-state index contributed by atoms with van der Waals surface area (Å²) in [5.74, 6) is 0.0442. The van der Waals surface area contributed by atoms with Crippen molar-refractivity contribution in [1.29, 1.82) is 0 Å². The first-order chi connectivity index (χ1) is 12.9. The number of aromatic nitrogens is 3. The third kappa shape index (κ3) is 3.69. The maximum Gasteiger partial charge on any atom is 0.330 e. The number of phenolic OH excluding ortho intramolecular Hbond substituents is 1. The summed E-state index contributed by atoms with van der Waals surface area (Å²) in [4.78, 5) is 12.3. The third-order valence-electron chi connectivity index (χ3n) is 4.18. The van der Waals surface area contributed by atoms with Crippen LogP contribution in [0.2, 0.25) is 0 Å². The van der Waals surface area contributed by atoms with Crippen molar-refractivity contribution in [3.63, 3.8) is 0 Å². The van der Waals surface area contributed by atoms with E-state index >= 15 is 0 Å². The quantitative estimate of drug-likeness (QED) is 0.617. The largest absolute Gasteiger partial charge is 0.505 e. The lowest BCUT2D eigenvalue weighted by molar-refractivity contribution is -0.132. The van der Waals surface area contributed by atoms with Gasteiger partial charge in [-0.1, -0.05) is 6.58 Å². The predicted molar refractivity (Wildman–Crippen MR) is 98.7 cm³/mol. The summed E-state index contributed by atoms with van der Waals surface area (Å²) < 4.78 is 10.5. The molecule has 0 spiro atoms. The number of aromatic hydroxyl groups is 1. The lowest BCUT2D eigenvalue weighted by Crippen LogP contribution is -2.04. The van der Waals surface area contributed by atoms with Crippen LogP contribution in [0.1, 0.15) is 12.0 Å². The van der Waals surface area contributed by atoms with Crippen LogP contribution < -0.4 is 9.47 Å². The zero-order valence-electron chi connectivity index (χ0n) is 15.0. The highest BCUT2D eigenvalue weighted by molar-refractivity contribution is 5.85. The number of aryl methyl sites for hydroxylation is 1. The van der Waals surface area contributed by atoms with Gasteiger partial charge in [0.1, 0.15) is 34.0 Å². The van der Waals surface area contributed by atoms with Gasteiger partial charge in [0.2, 0.25) is 0 Å². The molecule has 0 amide bonds. The van der Waals surface area contributed by atoms with Gasteiger partial charge in [0, 0.05) is 23.3 Å². The Morgan fingerprint density at radius 2 is 1.81 bits per heavy atom. The second-order valence-corrected chi connectivity index (χ2v) is 5.91. The highest BCUT2D eigenvalue weighted by Gasteiger charge is 2.16. The second-order valence-electron chi connectivity index (χ2n) is 5.91. The Labute approximate surface area is 155 Å². The fourth-order valence-electron chi connectivity index (χ4n) is 2.63. The number of fused-ring (bicyclic) bond motifs is 1. The lowest BCUT2D eigenvalue weighted by atomic mass is 10.0. The van der Waals surface area contributed by atoms with E-state index in [1.165, 1.54) is 11.9 Å². The van der Waals surface area contributed by atoms with E-state index in [0.29, 0.717) is 33.8 Å². The molecule has 1 aromatic heterocycles. The molecular formula is C19H19N3O5. The zero-order valence-corrected chi connectivity index (χ0v) is 15.0. The minimum Gasteiger partial charge on any atom is -0.505 e. The first kappa shape index (κ1) is 18.2. The molecule has 3 aromatic rings. The first-order valence-electron chi connectivity index (χ1n) is 8.15. The standard InChI is InChI=1S/C19H19N3O5/c1-11(19(24)25)4-5-12-8-14(27-3)10-17(18(12)23)22-20-15-7-6-13(26-2)9-16(15)21-22/h6-10,23H,1,4-5H2,2-3H3,(H,24,25). The van der Waals surface area contributed by atoms with E-state index in [-0.39, 0.29) is 24.2 Å². The smallest absolute Gasteiger partial charge is 0.330 e. The van der Waals surface area contributed by atoms with Gasteiger partial charge in [-0.25, -0.2) is 4.79 Å². The van der Waals surface area contributed by atoms with Gasteiger partial charge in [0.15, 0.2) is 0 Å². The van der Waals surface area contributed by atoms with Crippen molar-refractivity contribution >= 4 is 17.0 Å². The molecule has 8 nitrogen and oxygen atoms in total. The van der Waals surface area contributed by atoms with Crippen molar-refractivity contribution in [3.8, 4) is 22.9 Å². The van der Waals surface area contributed by atoms with Crippen LogP contribution in [0.4, 0.5) is 0 Å². The molecule has 0 radical (unpaired) electrons. The van der Waals surface area contributed by atoms with Crippen LogP contribution in [0.25, 0.3) is 16.7 Å². The maximum absolute atomic E-state index is 10.9. The van der Waals surface area contributed by atoms with E-state index in [4.69, 9.17) is 14.6 Å². The van der Waals surface area contributed by atoms with Crippen LogP contribution in [0.5, 0.6) is 17.2 Å². The van der Waals surface area contributed by atoms with E-state index in [9.17, 15) is 9.90 Å². The fourth-order valence-corrected chi connectivity index (χ4v) is 2.63. The molecule has 1 heterocycles. The molecule has 8 heteroatoms. The van der Waals surface area contributed by atoms with Gasteiger partial charge in [-0.05, 0) is 31.0 Å². The van der Waals surface area contributed by atoms with Crippen molar-refractivity contribution in [1.82, 2.24) is 15.0 Å².